The Morgan fingerprint density at radius 2 is 1.61 bits per heavy atom. The second-order valence-electron chi connectivity index (χ2n) is 10.9. The molecule has 0 bridgehead atoms. The monoisotopic (exact) mass is 444 g/mol. The van der Waals surface area contributed by atoms with Gasteiger partial charge in [-0.2, -0.15) is 0 Å². The maximum absolute atomic E-state index is 13.3. The summed E-state index contributed by atoms with van der Waals surface area (Å²) >= 11 is 0. The Labute approximate surface area is 192 Å². The normalized spacial score (nSPS) is 21.9. The van der Waals surface area contributed by atoms with Crippen LogP contribution in [0.1, 0.15) is 78.1 Å². The van der Waals surface area contributed by atoms with Gasteiger partial charge in [-0.25, -0.2) is 0 Å². The standard InChI is InChI=1S/C27H28N2O4/c1-26(2)11-15(12-27(3,4)28-26)29-13-19-20(32-14-29)10-9-18-21-22(30)16-7-5-6-8-17(16)23(31)25(21)33-24(18)19/h5-10,15,28H,11-14H2,1-4H3. The number of benzene rings is 2. The molecule has 1 saturated heterocycles. The minimum absolute atomic E-state index is 0.0209. The number of carbonyl (C=O) groups is 2. The number of nitrogens with one attached hydrogen (secondary N) is 1. The van der Waals surface area contributed by atoms with E-state index in [-0.39, 0.29) is 28.4 Å². The topological polar surface area (TPSA) is 71.8 Å². The smallest absolute Gasteiger partial charge is 0.229 e. The predicted octanol–water partition coefficient (Wildman–Crippen LogP) is 4.67. The van der Waals surface area contributed by atoms with Crippen LogP contribution in [0.15, 0.2) is 40.8 Å². The van der Waals surface area contributed by atoms with Crippen LogP contribution in [0.4, 0.5) is 0 Å². The van der Waals surface area contributed by atoms with E-state index >= 15 is 0 Å². The minimum atomic E-state index is -0.236. The van der Waals surface area contributed by atoms with Crippen molar-refractivity contribution in [1.82, 2.24) is 10.2 Å². The minimum Gasteiger partial charge on any atom is -0.478 e. The largest absolute Gasteiger partial charge is 0.478 e. The molecule has 2 aliphatic heterocycles. The summed E-state index contributed by atoms with van der Waals surface area (Å²) in [6, 6.07) is 11.0. The number of hydrogen-bond donors (Lipinski definition) is 1. The number of carbonyl (C=O) groups excluding carboxylic acids is 2. The van der Waals surface area contributed by atoms with Gasteiger partial charge in [-0.3, -0.25) is 14.5 Å². The van der Waals surface area contributed by atoms with E-state index < -0.39 is 0 Å². The van der Waals surface area contributed by atoms with Gasteiger partial charge < -0.3 is 14.5 Å². The van der Waals surface area contributed by atoms with Crippen LogP contribution in [0.25, 0.3) is 11.0 Å². The lowest BCUT2D eigenvalue weighted by atomic mass is 9.79. The first-order valence-electron chi connectivity index (χ1n) is 11.6. The van der Waals surface area contributed by atoms with E-state index in [9.17, 15) is 9.59 Å². The number of ether oxygens (including phenoxy) is 1. The van der Waals surface area contributed by atoms with Crippen LogP contribution >= 0.6 is 0 Å². The molecule has 0 atom stereocenters. The summed E-state index contributed by atoms with van der Waals surface area (Å²) in [5, 5.41) is 4.43. The van der Waals surface area contributed by atoms with E-state index in [1.807, 2.05) is 12.1 Å². The van der Waals surface area contributed by atoms with Crippen molar-refractivity contribution in [2.24, 2.45) is 0 Å². The SMILES string of the molecule is CC1(C)CC(N2COc3ccc4c5c(oc4c3C2)C(=O)c2ccccc2C5=O)CC(C)(C)N1. The molecule has 3 heterocycles. The Hall–Kier alpha value is -2.96. The summed E-state index contributed by atoms with van der Waals surface area (Å²) in [4.78, 5) is 28.8. The Bertz CT molecular complexity index is 1320. The highest BCUT2D eigenvalue weighted by Gasteiger charge is 2.42. The van der Waals surface area contributed by atoms with Crippen molar-refractivity contribution in [3.8, 4) is 5.75 Å². The third-order valence-electron chi connectivity index (χ3n) is 7.20. The molecule has 0 saturated carbocycles. The molecule has 1 N–H and O–H groups in total. The lowest BCUT2D eigenvalue weighted by molar-refractivity contribution is 0.00318. The number of nitrogens with zero attached hydrogens (tertiary/aromatic N) is 1. The Morgan fingerprint density at radius 1 is 0.939 bits per heavy atom. The quantitative estimate of drug-likeness (QED) is 0.460. The molecule has 0 radical (unpaired) electrons. The summed E-state index contributed by atoms with van der Waals surface area (Å²) in [6.45, 7) is 10.1. The van der Waals surface area contributed by atoms with E-state index in [1.54, 1.807) is 24.3 Å². The Morgan fingerprint density at radius 3 is 2.30 bits per heavy atom. The number of piperidine rings is 1. The summed E-state index contributed by atoms with van der Waals surface area (Å²) in [6.07, 6.45) is 2.01. The molecule has 0 unspecified atom stereocenters. The number of hydrogen-bond acceptors (Lipinski definition) is 6. The molecule has 6 rings (SSSR count). The average molecular weight is 445 g/mol. The molecule has 1 aliphatic carbocycles. The highest BCUT2D eigenvalue weighted by atomic mass is 16.5. The van der Waals surface area contributed by atoms with Crippen LogP contribution in [0.5, 0.6) is 5.75 Å². The first-order chi connectivity index (χ1) is 15.6. The van der Waals surface area contributed by atoms with Gasteiger partial charge in [0.05, 0.1) is 11.1 Å². The molecule has 3 aliphatic rings. The van der Waals surface area contributed by atoms with E-state index in [4.69, 9.17) is 9.15 Å². The van der Waals surface area contributed by atoms with Crippen LogP contribution in [-0.4, -0.2) is 40.3 Å². The van der Waals surface area contributed by atoms with Crippen LogP contribution < -0.4 is 10.1 Å². The molecule has 0 spiro atoms. The van der Waals surface area contributed by atoms with Crippen molar-refractivity contribution in [2.45, 2.75) is 64.2 Å². The average Bonchev–Trinajstić information content (AvgIpc) is 3.16. The fourth-order valence-corrected chi connectivity index (χ4v) is 6.17. The highest BCUT2D eigenvalue weighted by Crippen LogP contribution is 2.42. The van der Waals surface area contributed by atoms with E-state index in [0.29, 0.717) is 47.0 Å². The molecular weight excluding hydrogens is 416 g/mol. The number of furan rings is 1. The number of ketones is 2. The van der Waals surface area contributed by atoms with Crippen molar-refractivity contribution in [3.05, 3.63) is 64.4 Å². The molecular formula is C27H28N2O4. The van der Waals surface area contributed by atoms with Gasteiger partial charge in [-0.1, -0.05) is 24.3 Å². The van der Waals surface area contributed by atoms with Crippen molar-refractivity contribution in [2.75, 3.05) is 6.73 Å². The van der Waals surface area contributed by atoms with Gasteiger partial charge in [-0.15, -0.1) is 0 Å². The molecule has 1 aromatic heterocycles. The van der Waals surface area contributed by atoms with Crippen molar-refractivity contribution in [1.29, 1.82) is 0 Å². The van der Waals surface area contributed by atoms with E-state index in [1.165, 1.54) is 0 Å². The van der Waals surface area contributed by atoms with Crippen molar-refractivity contribution >= 4 is 22.5 Å². The maximum atomic E-state index is 13.3. The number of rotatable bonds is 1. The summed E-state index contributed by atoms with van der Waals surface area (Å²) in [5.74, 6) is 0.507. The molecule has 33 heavy (non-hydrogen) atoms. The zero-order valence-electron chi connectivity index (χ0n) is 19.5. The molecule has 1 fully saturated rings. The van der Waals surface area contributed by atoms with Gasteiger partial charge in [0.1, 0.15) is 18.1 Å². The Kier molecular flexibility index (Phi) is 4.24. The predicted molar refractivity (Wildman–Crippen MR) is 125 cm³/mol. The van der Waals surface area contributed by atoms with Crippen molar-refractivity contribution in [3.63, 3.8) is 0 Å². The van der Waals surface area contributed by atoms with Gasteiger partial charge in [0.2, 0.25) is 5.78 Å². The fourth-order valence-electron chi connectivity index (χ4n) is 6.17. The maximum Gasteiger partial charge on any atom is 0.229 e. The second-order valence-corrected chi connectivity index (χ2v) is 10.9. The van der Waals surface area contributed by atoms with Crippen LogP contribution in [0, 0.1) is 0 Å². The summed E-state index contributed by atoms with van der Waals surface area (Å²) in [5.41, 5.74) is 2.75. The Balaban J connectivity index is 1.42. The highest BCUT2D eigenvalue weighted by molar-refractivity contribution is 6.31. The third kappa shape index (κ3) is 3.15. The summed E-state index contributed by atoms with van der Waals surface area (Å²) < 4.78 is 12.3. The third-order valence-corrected chi connectivity index (χ3v) is 7.20. The van der Waals surface area contributed by atoms with E-state index in [0.717, 1.165) is 24.2 Å². The first kappa shape index (κ1) is 20.6. The van der Waals surface area contributed by atoms with Gasteiger partial charge in [0.15, 0.2) is 11.5 Å². The summed E-state index contributed by atoms with van der Waals surface area (Å²) in [7, 11) is 0. The van der Waals surface area contributed by atoms with Gasteiger partial charge in [0, 0.05) is 40.2 Å². The fraction of sp³-hybridized carbons (Fsp3) is 0.407. The molecule has 6 heteroatoms. The van der Waals surface area contributed by atoms with Gasteiger partial charge >= 0.3 is 0 Å². The molecule has 6 nitrogen and oxygen atoms in total. The second kappa shape index (κ2) is 6.78. The molecule has 3 aromatic rings. The zero-order chi connectivity index (χ0) is 23.1. The zero-order valence-corrected chi connectivity index (χ0v) is 19.5. The molecule has 2 aromatic carbocycles. The van der Waals surface area contributed by atoms with Gasteiger partial charge in [0.25, 0.3) is 0 Å². The van der Waals surface area contributed by atoms with E-state index in [2.05, 4.69) is 37.9 Å². The van der Waals surface area contributed by atoms with Gasteiger partial charge in [-0.05, 0) is 52.7 Å². The molecule has 170 valence electrons. The lowest BCUT2D eigenvalue weighted by Gasteiger charge is -2.50. The van der Waals surface area contributed by atoms with Crippen LogP contribution in [0.3, 0.4) is 0 Å². The molecule has 0 amide bonds. The first-order valence-corrected chi connectivity index (χ1v) is 11.6. The lowest BCUT2D eigenvalue weighted by Crippen LogP contribution is -2.62. The van der Waals surface area contributed by atoms with Crippen LogP contribution in [-0.2, 0) is 6.54 Å². The number of fused-ring (bicyclic) bond motifs is 6. The van der Waals surface area contributed by atoms with Crippen LogP contribution in [0.2, 0.25) is 0 Å². The van der Waals surface area contributed by atoms with Crippen molar-refractivity contribution < 1.29 is 18.7 Å².